The van der Waals surface area contributed by atoms with E-state index in [4.69, 9.17) is 0 Å². The van der Waals surface area contributed by atoms with E-state index in [0.717, 1.165) is 6.04 Å². The van der Waals surface area contributed by atoms with Gasteiger partial charge in [0.2, 0.25) is 0 Å². The third-order valence-corrected chi connectivity index (χ3v) is 8.01. The Morgan fingerprint density at radius 1 is 0.424 bits per heavy atom. The molecule has 0 aromatic carbocycles. The van der Waals surface area contributed by atoms with Gasteiger partial charge < -0.3 is 21.5 Å². The summed E-state index contributed by atoms with van der Waals surface area (Å²) < 4.78 is 1.23. The maximum Gasteiger partial charge on any atom is 0.0857 e. The van der Waals surface area contributed by atoms with Crippen molar-refractivity contribution in [2.45, 2.75) is 181 Å². The SMILES string of the molecule is CCCCCCCCCCCCCC[N+](C)(C)C(C)CCCCCCCCCCCCC.[Br-]. The summed E-state index contributed by atoms with van der Waals surface area (Å²) in [6.45, 7) is 8.48. The van der Waals surface area contributed by atoms with Crippen LogP contribution < -0.4 is 17.0 Å². The number of quaternary nitrogens is 1. The van der Waals surface area contributed by atoms with E-state index in [1.165, 1.54) is 165 Å². The number of unbranched alkanes of at least 4 members (excludes halogenated alkanes) is 21. The molecule has 1 atom stereocenters. The summed E-state index contributed by atoms with van der Waals surface area (Å²) >= 11 is 0. The lowest BCUT2D eigenvalue weighted by atomic mass is 10.0. The average Bonchev–Trinajstić information content (AvgIpc) is 2.78. The van der Waals surface area contributed by atoms with Crippen molar-refractivity contribution in [3.8, 4) is 0 Å². The lowest BCUT2D eigenvalue weighted by Crippen LogP contribution is -3.00. The Labute approximate surface area is 222 Å². The summed E-state index contributed by atoms with van der Waals surface area (Å²) in [5.41, 5.74) is 0. The van der Waals surface area contributed by atoms with Gasteiger partial charge in [0.1, 0.15) is 0 Å². The van der Waals surface area contributed by atoms with Crippen molar-refractivity contribution in [3.05, 3.63) is 0 Å². The highest BCUT2D eigenvalue weighted by atomic mass is 79.9. The van der Waals surface area contributed by atoms with Crippen molar-refractivity contribution in [2.24, 2.45) is 0 Å². The third kappa shape index (κ3) is 25.3. The number of halogens is 1. The average molecular weight is 533 g/mol. The van der Waals surface area contributed by atoms with Crippen LogP contribution in [-0.2, 0) is 0 Å². The van der Waals surface area contributed by atoms with Crippen LogP contribution in [0.5, 0.6) is 0 Å². The molecule has 0 saturated heterocycles. The summed E-state index contributed by atoms with van der Waals surface area (Å²) in [5.74, 6) is 0. The van der Waals surface area contributed by atoms with Crippen LogP contribution in [0.2, 0.25) is 0 Å². The van der Waals surface area contributed by atoms with Crippen LogP contribution in [0.25, 0.3) is 0 Å². The second kappa shape index (κ2) is 27.0. The molecule has 0 aliphatic carbocycles. The molecule has 0 aromatic rings. The molecule has 0 N–H and O–H groups in total. The fraction of sp³-hybridized carbons (Fsp3) is 1.00. The second-order valence-corrected chi connectivity index (χ2v) is 11.6. The zero-order valence-corrected chi connectivity index (χ0v) is 25.7. The molecular weight excluding hydrogens is 466 g/mol. The van der Waals surface area contributed by atoms with Gasteiger partial charge in [-0.15, -0.1) is 0 Å². The minimum absolute atomic E-state index is 0. The minimum atomic E-state index is 0. The van der Waals surface area contributed by atoms with Crippen LogP contribution in [0.3, 0.4) is 0 Å². The van der Waals surface area contributed by atoms with Crippen molar-refractivity contribution in [1.29, 1.82) is 0 Å². The van der Waals surface area contributed by atoms with E-state index in [2.05, 4.69) is 34.9 Å². The molecule has 0 rings (SSSR count). The molecular formula is C31H66BrN. The second-order valence-electron chi connectivity index (χ2n) is 11.6. The maximum absolute atomic E-state index is 2.50. The van der Waals surface area contributed by atoms with Crippen LogP contribution in [0, 0.1) is 0 Å². The molecule has 0 aliphatic heterocycles. The van der Waals surface area contributed by atoms with E-state index in [-0.39, 0.29) is 17.0 Å². The zero-order valence-electron chi connectivity index (χ0n) is 24.1. The van der Waals surface area contributed by atoms with Gasteiger partial charge in [-0.2, -0.15) is 0 Å². The van der Waals surface area contributed by atoms with Crippen molar-refractivity contribution in [1.82, 2.24) is 0 Å². The highest BCUT2D eigenvalue weighted by Gasteiger charge is 2.22. The van der Waals surface area contributed by atoms with Crippen LogP contribution in [0.15, 0.2) is 0 Å². The molecule has 202 valence electrons. The topological polar surface area (TPSA) is 0 Å². The molecule has 33 heavy (non-hydrogen) atoms. The highest BCUT2D eigenvalue weighted by Crippen LogP contribution is 2.18. The lowest BCUT2D eigenvalue weighted by Gasteiger charge is -2.36. The van der Waals surface area contributed by atoms with Crippen molar-refractivity contribution in [2.75, 3.05) is 20.6 Å². The summed E-state index contributed by atoms with van der Waals surface area (Å²) in [4.78, 5) is 0. The first-order valence-corrected chi connectivity index (χ1v) is 15.4. The normalized spacial score (nSPS) is 12.6. The molecule has 2 heteroatoms. The van der Waals surface area contributed by atoms with E-state index >= 15 is 0 Å². The van der Waals surface area contributed by atoms with E-state index in [9.17, 15) is 0 Å². The Hall–Kier alpha value is 0.440. The highest BCUT2D eigenvalue weighted by molar-refractivity contribution is 4.55. The zero-order chi connectivity index (χ0) is 23.8. The quantitative estimate of drug-likeness (QED) is 0.0786. The molecule has 0 fully saturated rings. The smallest absolute Gasteiger partial charge is 0.0857 e. The van der Waals surface area contributed by atoms with Crippen LogP contribution in [0.1, 0.15) is 175 Å². The first kappa shape index (κ1) is 35.6. The van der Waals surface area contributed by atoms with Crippen LogP contribution >= 0.6 is 0 Å². The summed E-state index contributed by atoms with van der Waals surface area (Å²) in [6, 6.07) is 0.821. The van der Waals surface area contributed by atoms with Gasteiger partial charge in [0.15, 0.2) is 0 Å². The standard InChI is InChI=1S/C31H66N.BrH/c1-6-8-10-12-14-16-18-20-22-24-26-28-30-32(4,5)31(3)29-27-25-23-21-19-17-15-13-11-9-7-2;/h31H,6-30H2,1-5H3;1H/q+1;/p-1. The molecule has 0 spiro atoms. The number of hydrogen-bond donors (Lipinski definition) is 0. The lowest BCUT2D eigenvalue weighted by molar-refractivity contribution is -0.913. The van der Waals surface area contributed by atoms with E-state index < -0.39 is 0 Å². The predicted octanol–water partition coefficient (Wildman–Crippen LogP) is 7.86. The van der Waals surface area contributed by atoms with Crippen LogP contribution in [-0.4, -0.2) is 31.2 Å². The molecule has 0 radical (unpaired) electrons. The van der Waals surface area contributed by atoms with Gasteiger partial charge in [-0.25, -0.2) is 0 Å². The molecule has 1 nitrogen and oxygen atoms in total. The minimum Gasteiger partial charge on any atom is -1.00 e. The summed E-state index contributed by atoms with van der Waals surface area (Å²) in [7, 11) is 4.95. The molecule has 0 aliphatic rings. The number of rotatable bonds is 26. The van der Waals surface area contributed by atoms with E-state index in [1.807, 2.05) is 0 Å². The number of hydrogen-bond acceptors (Lipinski definition) is 0. The maximum atomic E-state index is 2.50. The van der Waals surface area contributed by atoms with Gasteiger partial charge in [0.25, 0.3) is 0 Å². The molecule has 0 amide bonds. The van der Waals surface area contributed by atoms with Gasteiger partial charge in [-0.05, 0) is 32.6 Å². The van der Waals surface area contributed by atoms with Gasteiger partial charge in [-0.3, -0.25) is 0 Å². The van der Waals surface area contributed by atoms with Crippen LogP contribution in [0.4, 0.5) is 0 Å². The first-order valence-electron chi connectivity index (χ1n) is 15.4. The predicted molar refractivity (Wildman–Crippen MR) is 149 cm³/mol. The van der Waals surface area contributed by atoms with Gasteiger partial charge in [0.05, 0.1) is 26.7 Å². The largest absolute Gasteiger partial charge is 1.00 e. The number of nitrogens with zero attached hydrogens (tertiary/aromatic N) is 1. The fourth-order valence-corrected chi connectivity index (χ4v) is 5.03. The Bertz CT molecular complexity index is 355. The summed E-state index contributed by atoms with van der Waals surface area (Å²) in [6.07, 6.45) is 34.9. The fourth-order valence-electron chi connectivity index (χ4n) is 5.03. The van der Waals surface area contributed by atoms with Crippen molar-refractivity contribution >= 4 is 0 Å². The molecule has 0 bridgehead atoms. The molecule has 1 unspecified atom stereocenters. The Morgan fingerprint density at radius 2 is 0.697 bits per heavy atom. The third-order valence-electron chi connectivity index (χ3n) is 8.01. The monoisotopic (exact) mass is 531 g/mol. The van der Waals surface area contributed by atoms with E-state index in [0.29, 0.717) is 0 Å². The molecule has 0 saturated carbocycles. The van der Waals surface area contributed by atoms with Crippen molar-refractivity contribution in [3.63, 3.8) is 0 Å². The van der Waals surface area contributed by atoms with Gasteiger partial charge >= 0.3 is 0 Å². The van der Waals surface area contributed by atoms with E-state index in [1.54, 1.807) is 0 Å². The van der Waals surface area contributed by atoms with Gasteiger partial charge in [-0.1, -0.05) is 142 Å². The summed E-state index contributed by atoms with van der Waals surface area (Å²) in [5, 5.41) is 0. The van der Waals surface area contributed by atoms with Gasteiger partial charge in [0, 0.05) is 0 Å². The first-order chi connectivity index (χ1) is 15.5. The Kier molecular flexibility index (Phi) is 29.2. The molecule has 0 heterocycles. The Balaban J connectivity index is 0. The van der Waals surface area contributed by atoms with Crippen molar-refractivity contribution < 1.29 is 21.5 Å². The Morgan fingerprint density at radius 3 is 1.03 bits per heavy atom. The molecule has 0 aromatic heterocycles.